The Bertz CT molecular complexity index is 627. The van der Waals surface area contributed by atoms with Crippen molar-refractivity contribution < 1.29 is 14.4 Å². The summed E-state index contributed by atoms with van der Waals surface area (Å²) in [7, 11) is 0. The van der Waals surface area contributed by atoms with Gasteiger partial charge in [0.05, 0.1) is 6.67 Å². The van der Waals surface area contributed by atoms with Crippen LogP contribution in [0.25, 0.3) is 0 Å². The van der Waals surface area contributed by atoms with Crippen LogP contribution < -0.4 is 0 Å². The minimum atomic E-state index is -0.744. The summed E-state index contributed by atoms with van der Waals surface area (Å²) >= 11 is 0. The van der Waals surface area contributed by atoms with Crippen LogP contribution in [0, 0.1) is 6.92 Å². The molecule has 1 fully saturated rings. The zero-order valence-electron chi connectivity index (χ0n) is 14.1. The summed E-state index contributed by atoms with van der Waals surface area (Å²) in [4.78, 5) is 40.3. The van der Waals surface area contributed by atoms with Gasteiger partial charge in [-0.05, 0) is 32.9 Å². The second kappa shape index (κ2) is 6.91. The number of hydrogen-bond acceptors (Lipinski definition) is 4. The molecule has 23 heavy (non-hydrogen) atoms. The highest BCUT2D eigenvalue weighted by Crippen LogP contribution is 2.17. The van der Waals surface area contributed by atoms with Crippen LogP contribution >= 0.6 is 0 Å². The Hall–Kier alpha value is -2.21. The van der Waals surface area contributed by atoms with Crippen molar-refractivity contribution in [3.63, 3.8) is 0 Å². The summed E-state index contributed by atoms with van der Waals surface area (Å²) in [5.41, 5.74) is 2.27. The van der Waals surface area contributed by atoms with Gasteiger partial charge in [0.2, 0.25) is 0 Å². The van der Waals surface area contributed by atoms with Gasteiger partial charge in [-0.1, -0.05) is 36.8 Å². The average Bonchev–Trinajstić information content (AvgIpc) is 2.70. The molecule has 1 saturated heterocycles. The number of urea groups is 1. The van der Waals surface area contributed by atoms with E-state index in [0.717, 1.165) is 20.9 Å². The number of hydrogen-bond donors (Lipinski definition) is 0. The zero-order valence-corrected chi connectivity index (χ0v) is 14.1. The number of aryl methyl sites for hydroxylation is 1. The highest BCUT2D eigenvalue weighted by atomic mass is 16.2. The molecule has 1 aromatic carbocycles. The van der Waals surface area contributed by atoms with E-state index in [9.17, 15) is 14.4 Å². The molecule has 1 aromatic rings. The summed E-state index contributed by atoms with van der Waals surface area (Å²) in [5.74, 6) is -1.48. The third-order valence-corrected chi connectivity index (χ3v) is 3.88. The quantitative estimate of drug-likeness (QED) is 0.594. The van der Waals surface area contributed by atoms with E-state index in [1.54, 1.807) is 13.8 Å². The average molecular weight is 317 g/mol. The summed E-state index contributed by atoms with van der Waals surface area (Å²) in [6.07, 6.45) is 0. The second-order valence-corrected chi connectivity index (χ2v) is 6.06. The van der Waals surface area contributed by atoms with E-state index in [-0.39, 0.29) is 12.7 Å². The Morgan fingerprint density at radius 2 is 1.83 bits per heavy atom. The fraction of sp³-hybridized carbons (Fsp3) is 0.471. The first-order valence-corrected chi connectivity index (χ1v) is 7.82. The van der Waals surface area contributed by atoms with Crippen LogP contribution in [0.2, 0.25) is 0 Å². The first kappa shape index (κ1) is 17.1. The van der Waals surface area contributed by atoms with Gasteiger partial charge in [-0.25, -0.2) is 9.69 Å². The van der Waals surface area contributed by atoms with Gasteiger partial charge in [0.25, 0.3) is 0 Å². The SMILES string of the molecule is CCN(Cc1cccc(C)c1)CN1C(=O)C(=O)N(C(C)C)C1=O. The molecular weight excluding hydrogens is 294 g/mol. The maximum absolute atomic E-state index is 12.3. The van der Waals surface area contributed by atoms with E-state index < -0.39 is 17.8 Å². The van der Waals surface area contributed by atoms with E-state index >= 15 is 0 Å². The Balaban J connectivity index is 2.11. The maximum atomic E-state index is 12.3. The number of amides is 4. The first-order chi connectivity index (χ1) is 10.8. The van der Waals surface area contributed by atoms with Gasteiger partial charge in [-0.15, -0.1) is 0 Å². The molecule has 124 valence electrons. The Labute approximate surface area is 136 Å². The minimum absolute atomic E-state index is 0.122. The van der Waals surface area contributed by atoms with E-state index in [0.29, 0.717) is 13.1 Å². The highest BCUT2D eigenvalue weighted by Gasteiger charge is 2.45. The molecular formula is C17H23N3O3. The third-order valence-electron chi connectivity index (χ3n) is 3.88. The molecule has 0 N–H and O–H groups in total. The van der Waals surface area contributed by atoms with Crippen molar-refractivity contribution in [3.8, 4) is 0 Å². The molecule has 1 aliphatic rings. The number of carbonyl (C=O) groups is 3. The van der Waals surface area contributed by atoms with E-state index in [1.807, 2.05) is 36.9 Å². The Kier molecular flexibility index (Phi) is 5.15. The second-order valence-electron chi connectivity index (χ2n) is 6.06. The van der Waals surface area contributed by atoms with Crippen LogP contribution in [0.15, 0.2) is 24.3 Å². The molecule has 6 nitrogen and oxygen atoms in total. The summed E-state index contributed by atoms with van der Waals surface area (Å²) < 4.78 is 0. The summed E-state index contributed by atoms with van der Waals surface area (Å²) in [6.45, 7) is 8.83. The molecule has 1 heterocycles. The lowest BCUT2D eigenvalue weighted by Gasteiger charge is -2.25. The number of nitrogens with zero attached hydrogens (tertiary/aromatic N) is 3. The Morgan fingerprint density at radius 1 is 1.13 bits per heavy atom. The third kappa shape index (κ3) is 3.59. The standard InChI is InChI=1S/C17H23N3O3/c1-5-18(10-14-8-6-7-13(4)9-14)11-19-15(21)16(22)20(12(2)3)17(19)23/h6-9,12H,5,10-11H2,1-4H3. The summed E-state index contributed by atoms with van der Waals surface area (Å²) in [6, 6.07) is 7.23. The number of imide groups is 2. The van der Waals surface area contributed by atoms with Crippen LogP contribution in [-0.4, -0.2) is 51.8 Å². The molecule has 0 bridgehead atoms. The van der Waals surface area contributed by atoms with Crippen molar-refractivity contribution in [1.82, 2.24) is 14.7 Å². The van der Waals surface area contributed by atoms with Crippen molar-refractivity contribution in [2.75, 3.05) is 13.2 Å². The monoisotopic (exact) mass is 317 g/mol. The molecule has 0 unspecified atom stereocenters. The van der Waals surface area contributed by atoms with Crippen molar-refractivity contribution in [2.45, 2.75) is 40.3 Å². The van der Waals surface area contributed by atoms with Gasteiger partial charge in [-0.3, -0.25) is 19.4 Å². The number of carbonyl (C=O) groups excluding carboxylic acids is 3. The molecule has 2 rings (SSSR count). The maximum Gasteiger partial charge on any atom is 0.335 e. The molecule has 0 aliphatic carbocycles. The molecule has 0 spiro atoms. The largest absolute Gasteiger partial charge is 0.335 e. The molecule has 4 amide bonds. The van der Waals surface area contributed by atoms with E-state index in [1.165, 1.54) is 0 Å². The number of rotatable bonds is 6. The van der Waals surface area contributed by atoms with Gasteiger partial charge >= 0.3 is 17.8 Å². The highest BCUT2D eigenvalue weighted by molar-refractivity contribution is 6.44. The molecule has 0 aromatic heterocycles. The fourth-order valence-electron chi connectivity index (χ4n) is 2.63. The predicted molar refractivity (Wildman–Crippen MR) is 86.4 cm³/mol. The molecule has 0 atom stereocenters. The van der Waals surface area contributed by atoms with Gasteiger partial charge < -0.3 is 0 Å². The van der Waals surface area contributed by atoms with Crippen molar-refractivity contribution in [2.24, 2.45) is 0 Å². The van der Waals surface area contributed by atoms with Crippen LogP contribution in [0.1, 0.15) is 31.9 Å². The molecule has 1 aliphatic heterocycles. The van der Waals surface area contributed by atoms with Gasteiger partial charge in [-0.2, -0.15) is 0 Å². The number of benzene rings is 1. The van der Waals surface area contributed by atoms with Crippen LogP contribution in [0.5, 0.6) is 0 Å². The van der Waals surface area contributed by atoms with Crippen molar-refractivity contribution in [1.29, 1.82) is 0 Å². The molecule has 0 saturated carbocycles. The van der Waals surface area contributed by atoms with E-state index in [2.05, 4.69) is 6.07 Å². The lowest BCUT2D eigenvalue weighted by molar-refractivity contribution is -0.144. The van der Waals surface area contributed by atoms with E-state index in [4.69, 9.17) is 0 Å². The Morgan fingerprint density at radius 3 is 2.35 bits per heavy atom. The molecule has 6 heteroatoms. The van der Waals surface area contributed by atoms with Crippen molar-refractivity contribution >= 4 is 17.8 Å². The van der Waals surface area contributed by atoms with Gasteiger partial charge in [0, 0.05) is 12.6 Å². The minimum Gasteiger partial charge on any atom is -0.281 e. The summed E-state index contributed by atoms with van der Waals surface area (Å²) in [5, 5.41) is 0. The first-order valence-electron chi connectivity index (χ1n) is 7.82. The fourth-order valence-corrected chi connectivity index (χ4v) is 2.63. The molecule has 0 radical (unpaired) electrons. The van der Waals surface area contributed by atoms with Gasteiger partial charge in [0.15, 0.2) is 0 Å². The van der Waals surface area contributed by atoms with Crippen LogP contribution in [0.4, 0.5) is 4.79 Å². The zero-order chi connectivity index (χ0) is 17.1. The van der Waals surface area contributed by atoms with Crippen LogP contribution in [-0.2, 0) is 16.1 Å². The smallest absolute Gasteiger partial charge is 0.281 e. The lowest BCUT2D eigenvalue weighted by Crippen LogP contribution is -2.43. The lowest BCUT2D eigenvalue weighted by atomic mass is 10.1. The van der Waals surface area contributed by atoms with Crippen LogP contribution in [0.3, 0.4) is 0 Å². The van der Waals surface area contributed by atoms with Gasteiger partial charge in [0.1, 0.15) is 0 Å². The van der Waals surface area contributed by atoms with Crippen molar-refractivity contribution in [3.05, 3.63) is 35.4 Å². The topological polar surface area (TPSA) is 60.9 Å². The normalized spacial score (nSPS) is 15.5. The predicted octanol–water partition coefficient (Wildman–Crippen LogP) is 1.97.